The highest BCUT2D eigenvalue weighted by atomic mass is 15.2. The van der Waals surface area contributed by atoms with Crippen LogP contribution >= 0.6 is 0 Å². The molecule has 0 aliphatic heterocycles. The molecule has 0 saturated carbocycles. The third-order valence-corrected chi connectivity index (χ3v) is 26.3. The molecule has 0 N–H and O–H groups in total. The molecule has 0 fully saturated rings. The lowest BCUT2D eigenvalue weighted by Crippen LogP contribution is -2.07. The van der Waals surface area contributed by atoms with E-state index in [2.05, 4.69) is 325 Å². The van der Waals surface area contributed by atoms with E-state index in [-0.39, 0.29) is 0 Å². The first kappa shape index (κ1) is 79.9. The number of para-hydroxylation sites is 9. The highest BCUT2D eigenvalue weighted by molar-refractivity contribution is 6.25. The molecule has 138 heavy (non-hydrogen) atoms. The summed E-state index contributed by atoms with van der Waals surface area (Å²) in [5, 5.41) is 14.1. The molecule has 28 rings (SSSR count). The van der Waals surface area contributed by atoms with Crippen molar-refractivity contribution < 1.29 is 0 Å². The Morgan fingerprint density at radius 1 is 0.130 bits per heavy atom. The molecular formula is C123H79N15. The fourth-order valence-electron chi connectivity index (χ4n) is 20.2. The topological polar surface area (TPSA) is 146 Å². The first-order valence-corrected chi connectivity index (χ1v) is 46.3. The smallest absolute Gasteiger partial charge is 0.238 e. The van der Waals surface area contributed by atoms with Gasteiger partial charge in [0.1, 0.15) is 0 Å². The predicted octanol–water partition coefficient (Wildman–Crippen LogP) is 29.9. The van der Waals surface area contributed by atoms with Crippen LogP contribution in [0, 0.1) is 0 Å². The molecule has 0 amide bonds. The summed E-state index contributed by atoms with van der Waals surface area (Å²) in [5.74, 6) is 5.59. The number of hydrogen-bond acceptors (Lipinski definition) is 9. The minimum atomic E-state index is 0.585. The second-order valence-electron chi connectivity index (χ2n) is 34.3. The van der Waals surface area contributed by atoms with Crippen LogP contribution in [-0.4, -0.2) is 72.3 Å². The molecule has 0 radical (unpaired) electrons. The van der Waals surface area contributed by atoms with Crippen molar-refractivity contribution in [1.29, 1.82) is 0 Å². The second kappa shape index (κ2) is 33.7. The molecule has 15 heteroatoms. The van der Waals surface area contributed by atoms with Crippen LogP contribution in [0.4, 0.5) is 0 Å². The van der Waals surface area contributed by atoms with Gasteiger partial charge in [0.2, 0.25) is 17.8 Å². The maximum atomic E-state index is 5.17. The van der Waals surface area contributed by atoms with Gasteiger partial charge in [-0.15, -0.1) is 0 Å². The van der Waals surface area contributed by atoms with Crippen molar-refractivity contribution in [2.24, 2.45) is 0 Å². The summed E-state index contributed by atoms with van der Waals surface area (Å²) < 4.78 is 13.7. The summed E-state index contributed by atoms with van der Waals surface area (Å²) in [7, 11) is 0. The van der Waals surface area contributed by atoms with Crippen LogP contribution in [0.25, 0.3) is 245 Å². The Morgan fingerprint density at radius 2 is 0.377 bits per heavy atom. The lowest BCUT2D eigenvalue weighted by molar-refractivity contribution is 0.953. The largest absolute Gasteiger partial charge is 0.309 e. The normalized spacial score (nSPS) is 11.6. The SMILES string of the molecule is c1ccc(-c2nc(-c3ccccc3)nc(-n3c4ccccc4c4c(-c5ccc6c(c5)c5ccccc5n6-c5ccccc5)cccc43)n2)cc1.c1ccc(-c2nc(-c3ccccc3)nc(-n3c4ccccc4c4cc5c(cc43)c3ccccc3n5-c3ccccc3)n2)cc1.c1ccc(-c2nc(-c3ccccc3)nc(-n3c4ccccc4c4ccc5c6ccccc6n(-c6ccccc6)c5c43)n2)cc1. The average Bonchev–Trinajstić information content (AvgIpc) is 1.54. The van der Waals surface area contributed by atoms with E-state index in [1.807, 2.05) is 182 Å². The van der Waals surface area contributed by atoms with Gasteiger partial charge in [-0.25, -0.2) is 15.0 Å². The Hall–Kier alpha value is -19.0. The summed E-state index contributed by atoms with van der Waals surface area (Å²) in [5.41, 5.74) is 24.7. The van der Waals surface area contributed by atoms with Gasteiger partial charge < -0.3 is 13.7 Å². The van der Waals surface area contributed by atoms with Crippen LogP contribution < -0.4 is 0 Å². The Labute approximate surface area is 791 Å². The molecule has 0 spiro atoms. The van der Waals surface area contributed by atoms with Gasteiger partial charge in [0, 0.05) is 115 Å². The Morgan fingerprint density at radius 3 is 0.754 bits per heavy atom. The fourth-order valence-corrected chi connectivity index (χ4v) is 20.2. The van der Waals surface area contributed by atoms with E-state index < -0.39 is 0 Å². The van der Waals surface area contributed by atoms with E-state index in [4.69, 9.17) is 44.9 Å². The molecule has 9 aromatic heterocycles. The van der Waals surface area contributed by atoms with E-state index in [9.17, 15) is 0 Å². The van der Waals surface area contributed by atoms with Crippen LogP contribution in [0.1, 0.15) is 0 Å². The molecule has 15 nitrogen and oxygen atoms in total. The molecule has 9 heterocycles. The van der Waals surface area contributed by atoms with Gasteiger partial charge in [-0.1, -0.05) is 376 Å². The fraction of sp³-hybridized carbons (Fsp3) is 0. The van der Waals surface area contributed by atoms with Gasteiger partial charge in [-0.05, 0) is 114 Å². The zero-order chi connectivity index (χ0) is 91.1. The number of fused-ring (bicyclic) bond motifs is 19. The lowest BCUT2D eigenvalue weighted by atomic mass is 9.98. The molecule has 0 saturated heterocycles. The average molecular weight is 1770 g/mol. The minimum Gasteiger partial charge on any atom is -0.309 e. The molecule has 0 aliphatic carbocycles. The van der Waals surface area contributed by atoms with E-state index in [0.717, 1.165) is 138 Å². The Balaban J connectivity index is 0.000000107. The van der Waals surface area contributed by atoms with E-state index >= 15 is 0 Å². The van der Waals surface area contributed by atoms with Gasteiger partial charge in [0.25, 0.3) is 0 Å². The summed E-state index contributed by atoms with van der Waals surface area (Å²) in [6.07, 6.45) is 0. The maximum Gasteiger partial charge on any atom is 0.238 e. The molecule has 0 atom stereocenters. The van der Waals surface area contributed by atoms with Crippen molar-refractivity contribution in [3.05, 3.63) is 479 Å². The van der Waals surface area contributed by atoms with Crippen molar-refractivity contribution in [1.82, 2.24) is 72.3 Å². The molecule has 28 aromatic rings. The van der Waals surface area contributed by atoms with Gasteiger partial charge in [0.05, 0.1) is 66.2 Å². The van der Waals surface area contributed by atoms with Crippen molar-refractivity contribution in [3.63, 3.8) is 0 Å². The van der Waals surface area contributed by atoms with Crippen LogP contribution in [-0.2, 0) is 0 Å². The number of nitrogens with zero attached hydrogens (tertiary/aromatic N) is 15. The second-order valence-corrected chi connectivity index (χ2v) is 34.3. The molecule has 0 bridgehead atoms. The van der Waals surface area contributed by atoms with Crippen molar-refractivity contribution in [2.75, 3.05) is 0 Å². The molecular weight excluding hydrogens is 1690 g/mol. The van der Waals surface area contributed by atoms with Crippen molar-refractivity contribution in [2.45, 2.75) is 0 Å². The highest BCUT2D eigenvalue weighted by Crippen LogP contribution is 2.46. The number of rotatable bonds is 13. The first-order valence-electron chi connectivity index (χ1n) is 46.3. The van der Waals surface area contributed by atoms with Gasteiger partial charge in [-0.2, -0.15) is 29.9 Å². The Bertz CT molecular complexity index is 9360. The minimum absolute atomic E-state index is 0.585. The van der Waals surface area contributed by atoms with Crippen LogP contribution in [0.15, 0.2) is 479 Å². The standard InChI is InChI=1S/C45H29N5.2C39H25N5/c1-4-15-30(16-5-1)43-46-44(31-17-6-2-7-18-31)48-45(47-43)50-39-25-13-11-22-36(39)42-34(23-14-26-41(42)50)32-27-28-40-37(29-32)35-21-10-12-24-38(35)49(40)33-19-8-3-9-20-33;1-4-14-26(15-5-1)37-40-38(27-16-6-2-7-17-27)42-39(41-37)44-34-23-13-11-21-30(34)32-24-35-31(25-36(32)44)29-20-10-12-22-33(29)43(35)28-18-8-3-9-19-28;1-4-14-26(15-5-1)37-40-38(27-16-6-2-7-17-27)42-39(41-37)44-34-23-13-11-21-30(34)32-25-24-31-29-20-10-12-22-33(29)43(35(31)36(32)44)28-18-8-3-9-19-28/h1-29H;2*1-25H. The molecule has 0 unspecified atom stereocenters. The van der Waals surface area contributed by atoms with Gasteiger partial charge >= 0.3 is 0 Å². The summed E-state index contributed by atoms with van der Waals surface area (Å²) >= 11 is 0. The first-order chi connectivity index (χ1) is 68.5. The van der Waals surface area contributed by atoms with E-state index in [0.29, 0.717) is 52.8 Å². The van der Waals surface area contributed by atoms with Crippen molar-refractivity contribution >= 4 is 131 Å². The quantitative estimate of drug-likeness (QED) is 0.110. The lowest BCUT2D eigenvalue weighted by Gasteiger charge is -2.13. The molecule has 0 aliphatic rings. The van der Waals surface area contributed by atoms with E-state index in [1.54, 1.807) is 0 Å². The zero-order valence-corrected chi connectivity index (χ0v) is 74.3. The van der Waals surface area contributed by atoms with E-state index in [1.165, 1.54) is 54.4 Å². The number of benzene rings is 19. The molecule has 19 aromatic carbocycles. The molecule has 646 valence electrons. The summed E-state index contributed by atoms with van der Waals surface area (Å²) in [6.45, 7) is 0. The van der Waals surface area contributed by atoms with Crippen LogP contribution in [0.3, 0.4) is 0 Å². The summed E-state index contributed by atoms with van der Waals surface area (Å²) in [4.78, 5) is 45.6. The highest BCUT2D eigenvalue weighted by Gasteiger charge is 2.28. The van der Waals surface area contributed by atoms with Crippen LogP contribution in [0.2, 0.25) is 0 Å². The van der Waals surface area contributed by atoms with Crippen LogP contribution in [0.5, 0.6) is 0 Å². The maximum absolute atomic E-state index is 5.17. The monoisotopic (exact) mass is 1770 g/mol. The predicted molar refractivity (Wildman–Crippen MR) is 564 cm³/mol. The summed E-state index contributed by atoms with van der Waals surface area (Å²) in [6, 6.07) is 167. The van der Waals surface area contributed by atoms with Crippen molar-refractivity contribution in [3.8, 4) is 114 Å². The van der Waals surface area contributed by atoms with Gasteiger partial charge in [0.15, 0.2) is 34.9 Å². The zero-order valence-electron chi connectivity index (χ0n) is 74.3. The third kappa shape index (κ3) is 13.7. The van der Waals surface area contributed by atoms with Gasteiger partial charge in [-0.3, -0.25) is 13.7 Å². The number of hydrogen-bond donors (Lipinski definition) is 0. The Kier molecular flexibility index (Phi) is 19.5. The third-order valence-electron chi connectivity index (χ3n) is 26.3. The number of aromatic nitrogens is 15.